The summed E-state index contributed by atoms with van der Waals surface area (Å²) < 4.78 is 54.1. The highest BCUT2D eigenvalue weighted by atomic mass is 35.5. The van der Waals surface area contributed by atoms with E-state index < -0.39 is 20.0 Å². The lowest BCUT2D eigenvalue weighted by Gasteiger charge is -2.33. The second kappa shape index (κ2) is 7.93. The summed E-state index contributed by atoms with van der Waals surface area (Å²) in [7, 11) is -7.55. The average Bonchev–Trinajstić information content (AvgIpc) is 2.66. The van der Waals surface area contributed by atoms with Crippen molar-refractivity contribution >= 4 is 43.2 Å². The Balaban J connectivity index is 1.80. The Bertz CT molecular complexity index is 1110. The summed E-state index contributed by atoms with van der Waals surface area (Å²) >= 11 is 12.0. The van der Waals surface area contributed by atoms with Gasteiger partial charge in [0, 0.05) is 26.2 Å². The van der Waals surface area contributed by atoms with E-state index >= 15 is 0 Å². The third kappa shape index (κ3) is 3.94. The van der Waals surface area contributed by atoms with Gasteiger partial charge in [-0.15, -0.1) is 0 Å². The smallest absolute Gasteiger partial charge is 0.207 e. The molecule has 0 spiro atoms. The maximum Gasteiger partial charge on any atom is 0.244 e. The summed E-state index contributed by atoms with van der Waals surface area (Å²) in [5.41, 5.74) is 1.89. The first-order valence-corrected chi connectivity index (χ1v) is 12.2. The highest BCUT2D eigenvalue weighted by Gasteiger charge is 2.34. The predicted molar refractivity (Wildman–Crippen MR) is 110 cm³/mol. The zero-order chi connectivity index (χ0) is 20.7. The molecule has 0 atom stereocenters. The van der Waals surface area contributed by atoms with Crippen molar-refractivity contribution in [1.82, 2.24) is 8.61 Å². The first kappa shape index (κ1) is 21.5. The Labute approximate surface area is 175 Å². The quantitative estimate of drug-likeness (QED) is 0.698. The van der Waals surface area contributed by atoms with Crippen LogP contribution in [0.4, 0.5) is 0 Å². The van der Waals surface area contributed by atoms with Crippen molar-refractivity contribution in [2.75, 3.05) is 26.2 Å². The number of hydrogen-bond donors (Lipinski definition) is 0. The van der Waals surface area contributed by atoms with Gasteiger partial charge in [0.2, 0.25) is 20.0 Å². The third-order valence-electron chi connectivity index (χ3n) is 4.85. The van der Waals surface area contributed by atoms with Gasteiger partial charge in [-0.1, -0.05) is 35.3 Å². The molecule has 0 radical (unpaired) electrons. The zero-order valence-corrected chi connectivity index (χ0v) is 18.5. The van der Waals surface area contributed by atoms with Crippen LogP contribution in [0.25, 0.3) is 0 Å². The van der Waals surface area contributed by atoms with Crippen molar-refractivity contribution in [2.45, 2.75) is 23.6 Å². The number of piperazine rings is 1. The number of rotatable bonds is 4. The van der Waals surface area contributed by atoms with E-state index in [1.807, 2.05) is 13.8 Å². The fourth-order valence-electron chi connectivity index (χ4n) is 3.00. The summed E-state index contributed by atoms with van der Waals surface area (Å²) in [5, 5.41) is 0.119. The monoisotopic (exact) mass is 462 g/mol. The third-order valence-corrected chi connectivity index (χ3v) is 9.61. The molecule has 10 heteroatoms. The molecule has 0 bridgehead atoms. The molecule has 1 aliphatic rings. The molecular weight excluding hydrogens is 443 g/mol. The zero-order valence-electron chi connectivity index (χ0n) is 15.4. The van der Waals surface area contributed by atoms with Crippen molar-refractivity contribution in [2.24, 2.45) is 0 Å². The number of sulfonamides is 2. The van der Waals surface area contributed by atoms with Crippen LogP contribution in [0.1, 0.15) is 11.1 Å². The molecule has 0 saturated carbocycles. The molecule has 0 aromatic heterocycles. The molecule has 0 N–H and O–H groups in total. The molecule has 1 heterocycles. The Morgan fingerprint density at radius 3 is 1.93 bits per heavy atom. The Morgan fingerprint density at radius 2 is 1.36 bits per heavy atom. The molecule has 1 fully saturated rings. The van der Waals surface area contributed by atoms with Crippen LogP contribution in [-0.2, 0) is 20.0 Å². The van der Waals surface area contributed by atoms with Crippen LogP contribution >= 0.6 is 23.2 Å². The van der Waals surface area contributed by atoms with E-state index in [9.17, 15) is 16.8 Å². The van der Waals surface area contributed by atoms with Crippen LogP contribution < -0.4 is 0 Å². The molecule has 6 nitrogen and oxygen atoms in total. The van der Waals surface area contributed by atoms with Gasteiger partial charge in [-0.05, 0) is 49.2 Å². The molecule has 1 saturated heterocycles. The number of halogens is 2. The normalized spacial score (nSPS) is 17.0. The van der Waals surface area contributed by atoms with Gasteiger partial charge in [0.15, 0.2) is 0 Å². The number of nitrogens with zero attached hydrogens (tertiary/aromatic N) is 2. The van der Waals surface area contributed by atoms with Crippen LogP contribution in [0, 0.1) is 13.8 Å². The van der Waals surface area contributed by atoms with E-state index in [1.165, 1.54) is 26.8 Å². The summed E-state index contributed by atoms with van der Waals surface area (Å²) in [4.78, 5) is 0.136. The predicted octanol–water partition coefficient (Wildman–Crippen LogP) is 3.31. The van der Waals surface area contributed by atoms with Gasteiger partial charge >= 0.3 is 0 Å². The molecule has 28 heavy (non-hydrogen) atoms. The first-order valence-electron chi connectivity index (χ1n) is 8.56. The number of aryl methyl sites for hydroxylation is 2. The lowest BCUT2D eigenvalue weighted by atomic mass is 10.1. The van der Waals surface area contributed by atoms with E-state index in [-0.39, 0.29) is 46.0 Å². The average molecular weight is 463 g/mol. The van der Waals surface area contributed by atoms with Crippen LogP contribution in [0.3, 0.4) is 0 Å². The summed E-state index contributed by atoms with van der Waals surface area (Å²) in [5.74, 6) is 0. The maximum atomic E-state index is 12.9. The standard InChI is InChI=1S/C18H20Cl2N2O4S2/c1-13-6-7-15(12-14(13)2)27(23,24)21-8-10-22(11-9-21)28(25,26)17-5-3-4-16(19)18(17)20/h3-7,12H,8-11H2,1-2H3. The Hall–Kier alpha value is -1.16. The van der Waals surface area contributed by atoms with E-state index in [2.05, 4.69) is 0 Å². The molecule has 152 valence electrons. The van der Waals surface area contributed by atoms with E-state index in [0.29, 0.717) is 0 Å². The molecule has 0 aliphatic carbocycles. The number of benzene rings is 2. The van der Waals surface area contributed by atoms with Crippen molar-refractivity contribution in [3.05, 3.63) is 57.6 Å². The summed E-state index contributed by atoms with van der Waals surface area (Å²) in [6.45, 7) is 3.97. The van der Waals surface area contributed by atoms with Crippen LogP contribution in [0.15, 0.2) is 46.2 Å². The summed E-state index contributed by atoms with van der Waals surface area (Å²) in [6, 6.07) is 9.40. The maximum absolute atomic E-state index is 12.9. The van der Waals surface area contributed by atoms with Crippen LogP contribution in [0.2, 0.25) is 10.0 Å². The highest BCUT2D eigenvalue weighted by Crippen LogP contribution is 2.31. The molecule has 0 unspecified atom stereocenters. The van der Waals surface area contributed by atoms with Crippen molar-refractivity contribution in [3.8, 4) is 0 Å². The molecular formula is C18H20Cl2N2O4S2. The molecule has 1 aliphatic heterocycles. The lowest BCUT2D eigenvalue weighted by molar-refractivity contribution is 0.273. The van der Waals surface area contributed by atoms with Gasteiger partial charge in [0.25, 0.3) is 0 Å². The first-order chi connectivity index (χ1) is 13.0. The Morgan fingerprint density at radius 1 is 0.786 bits per heavy atom. The fourth-order valence-corrected chi connectivity index (χ4v) is 6.66. The largest absolute Gasteiger partial charge is 0.244 e. The van der Waals surface area contributed by atoms with Crippen LogP contribution in [-0.4, -0.2) is 51.6 Å². The van der Waals surface area contributed by atoms with Gasteiger partial charge in [-0.3, -0.25) is 0 Å². The van der Waals surface area contributed by atoms with Crippen molar-refractivity contribution in [3.63, 3.8) is 0 Å². The van der Waals surface area contributed by atoms with Crippen LogP contribution in [0.5, 0.6) is 0 Å². The molecule has 2 aromatic rings. The van der Waals surface area contributed by atoms with E-state index in [0.717, 1.165) is 11.1 Å². The van der Waals surface area contributed by atoms with Gasteiger partial charge < -0.3 is 0 Å². The van der Waals surface area contributed by atoms with E-state index in [4.69, 9.17) is 23.2 Å². The second-order valence-corrected chi connectivity index (χ2v) is 11.2. The SMILES string of the molecule is Cc1ccc(S(=O)(=O)N2CCN(S(=O)(=O)c3cccc(Cl)c3Cl)CC2)cc1C. The number of hydrogen-bond acceptors (Lipinski definition) is 4. The molecule has 0 amide bonds. The van der Waals surface area contributed by atoms with Crippen molar-refractivity contribution < 1.29 is 16.8 Å². The minimum atomic E-state index is -3.87. The Kier molecular flexibility index (Phi) is 6.10. The van der Waals surface area contributed by atoms with Gasteiger partial charge in [0.05, 0.1) is 14.9 Å². The topological polar surface area (TPSA) is 74.8 Å². The minimum absolute atomic E-state index is 0.0330. The van der Waals surface area contributed by atoms with Gasteiger partial charge in [-0.25, -0.2) is 16.8 Å². The van der Waals surface area contributed by atoms with Gasteiger partial charge in [0.1, 0.15) is 4.90 Å². The summed E-state index contributed by atoms with van der Waals surface area (Å²) in [6.07, 6.45) is 0. The van der Waals surface area contributed by atoms with Gasteiger partial charge in [-0.2, -0.15) is 8.61 Å². The van der Waals surface area contributed by atoms with Crippen molar-refractivity contribution in [1.29, 1.82) is 0 Å². The highest BCUT2D eigenvalue weighted by molar-refractivity contribution is 7.89. The molecule has 2 aromatic carbocycles. The second-order valence-electron chi connectivity index (χ2n) is 6.61. The lowest BCUT2D eigenvalue weighted by Crippen LogP contribution is -2.50. The van der Waals surface area contributed by atoms with E-state index in [1.54, 1.807) is 18.2 Å². The molecule has 3 rings (SSSR count). The fraction of sp³-hybridized carbons (Fsp3) is 0.333. The minimum Gasteiger partial charge on any atom is -0.207 e.